The third-order valence-corrected chi connectivity index (χ3v) is 3.61. The van der Waals surface area contributed by atoms with Gasteiger partial charge in [0.05, 0.1) is 19.0 Å². The lowest BCUT2D eigenvalue weighted by Crippen LogP contribution is -2.14. The number of fused-ring (bicyclic) bond motifs is 1. The maximum Gasteiger partial charge on any atom is 0.234 e. The van der Waals surface area contributed by atoms with E-state index in [0.717, 1.165) is 23.6 Å². The summed E-state index contributed by atoms with van der Waals surface area (Å²) in [4.78, 5) is 11.8. The van der Waals surface area contributed by atoms with E-state index in [1.54, 1.807) is 11.8 Å². The van der Waals surface area contributed by atoms with E-state index in [-0.39, 0.29) is 5.91 Å². The largest absolute Gasteiger partial charge is 0.490 e. The van der Waals surface area contributed by atoms with Gasteiger partial charge in [0.2, 0.25) is 5.91 Å². The number of anilines is 1. The van der Waals surface area contributed by atoms with Gasteiger partial charge in [-0.3, -0.25) is 4.79 Å². The summed E-state index contributed by atoms with van der Waals surface area (Å²) in [5.74, 6) is 2.72. The van der Waals surface area contributed by atoms with Gasteiger partial charge in [0, 0.05) is 23.9 Å². The zero-order valence-electron chi connectivity index (χ0n) is 11.6. The molecule has 108 valence electrons. The first kappa shape index (κ1) is 14.8. The first-order chi connectivity index (χ1) is 9.79. The number of carbonyl (C=O) groups is 1. The van der Waals surface area contributed by atoms with Gasteiger partial charge in [-0.15, -0.1) is 11.8 Å². The van der Waals surface area contributed by atoms with Gasteiger partial charge < -0.3 is 14.8 Å². The molecular formula is C15H19NO3S. The van der Waals surface area contributed by atoms with Crippen LogP contribution in [-0.4, -0.2) is 30.6 Å². The Labute approximate surface area is 123 Å². The van der Waals surface area contributed by atoms with Crippen LogP contribution in [0, 0.1) is 0 Å². The van der Waals surface area contributed by atoms with Crippen molar-refractivity contribution in [2.24, 2.45) is 0 Å². The van der Waals surface area contributed by atoms with Crippen molar-refractivity contribution in [3.63, 3.8) is 0 Å². The van der Waals surface area contributed by atoms with Gasteiger partial charge in [0.25, 0.3) is 0 Å². The highest BCUT2D eigenvalue weighted by molar-refractivity contribution is 8.00. The van der Waals surface area contributed by atoms with Crippen molar-refractivity contribution in [3.05, 3.63) is 30.4 Å². The number of amides is 1. The smallest absolute Gasteiger partial charge is 0.234 e. The maximum absolute atomic E-state index is 11.8. The van der Waals surface area contributed by atoms with E-state index in [1.165, 1.54) is 0 Å². The number of thioether (sulfide) groups is 1. The van der Waals surface area contributed by atoms with Crippen LogP contribution in [0.1, 0.15) is 13.3 Å². The van der Waals surface area contributed by atoms with Crippen LogP contribution in [0.3, 0.4) is 0 Å². The van der Waals surface area contributed by atoms with Crippen LogP contribution in [0.2, 0.25) is 0 Å². The van der Waals surface area contributed by atoms with Crippen LogP contribution in [0.4, 0.5) is 5.69 Å². The van der Waals surface area contributed by atoms with Crippen molar-refractivity contribution in [1.29, 1.82) is 0 Å². The first-order valence-electron chi connectivity index (χ1n) is 6.68. The molecule has 0 aromatic heterocycles. The molecule has 0 spiro atoms. The summed E-state index contributed by atoms with van der Waals surface area (Å²) in [5, 5.41) is 2.87. The molecule has 1 N–H and O–H groups in total. The summed E-state index contributed by atoms with van der Waals surface area (Å²) in [7, 11) is 0. The fourth-order valence-electron chi connectivity index (χ4n) is 1.75. The second-order valence-electron chi connectivity index (χ2n) is 4.34. The molecular weight excluding hydrogens is 274 g/mol. The van der Waals surface area contributed by atoms with Crippen LogP contribution in [0.5, 0.6) is 11.5 Å². The van der Waals surface area contributed by atoms with Gasteiger partial charge in [0.1, 0.15) is 0 Å². The highest BCUT2D eigenvalue weighted by Gasteiger charge is 2.11. The third-order valence-electron chi connectivity index (χ3n) is 2.71. The van der Waals surface area contributed by atoms with Crippen LogP contribution in [0.15, 0.2) is 30.4 Å². The maximum atomic E-state index is 11.8. The molecule has 1 aromatic carbocycles. The average molecular weight is 293 g/mol. The van der Waals surface area contributed by atoms with E-state index in [0.29, 0.717) is 24.7 Å². The van der Waals surface area contributed by atoms with Gasteiger partial charge in [-0.25, -0.2) is 0 Å². The molecule has 1 amide bonds. The Hall–Kier alpha value is -1.62. The predicted octanol–water partition coefficient (Wildman–Crippen LogP) is 3.10. The molecule has 0 bridgehead atoms. The van der Waals surface area contributed by atoms with Crippen molar-refractivity contribution in [2.75, 3.05) is 30.0 Å². The standard InChI is InChI=1S/C15H19NO3S/c1-2-3-9-20-11-15(17)16-12-5-6-13-14(10-12)19-8-4-7-18-13/h2-3,5-6,10H,4,7-9,11H2,1H3,(H,16,17)/b3-2+. The van der Waals surface area contributed by atoms with E-state index in [1.807, 2.05) is 37.3 Å². The topological polar surface area (TPSA) is 47.6 Å². The third kappa shape index (κ3) is 4.49. The zero-order valence-corrected chi connectivity index (χ0v) is 12.4. The first-order valence-corrected chi connectivity index (χ1v) is 7.83. The van der Waals surface area contributed by atoms with Gasteiger partial charge in [-0.1, -0.05) is 12.2 Å². The molecule has 20 heavy (non-hydrogen) atoms. The van der Waals surface area contributed by atoms with Crippen molar-refractivity contribution >= 4 is 23.4 Å². The highest BCUT2D eigenvalue weighted by atomic mass is 32.2. The van der Waals surface area contributed by atoms with Gasteiger partial charge >= 0.3 is 0 Å². The number of carbonyl (C=O) groups excluding carboxylic acids is 1. The Bertz CT molecular complexity index is 488. The van der Waals surface area contributed by atoms with E-state index in [9.17, 15) is 4.79 Å². The van der Waals surface area contributed by atoms with Crippen LogP contribution >= 0.6 is 11.8 Å². The lowest BCUT2D eigenvalue weighted by atomic mass is 10.2. The van der Waals surface area contributed by atoms with E-state index >= 15 is 0 Å². The van der Waals surface area contributed by atoms with Gasteiger partial charge in [-0.05, 0) is 19.1 Å². The fourth-order valence-corrected chi connectivity index (χ4v) is 2.46. The number of hydrogen-bond donors (Lipinski definition) is 1. The number of benzene rings is 1. The summed E-state index contributed by atoms with van der Waals surface area (Å²) in [6.07, 6.45) is 4.89. The Morgan fingerprint density at radius 2 is 2.15 bits per heavy atom. The molecule has 0 fully saturated rings. The molecule has 4 nitrogen and oxygen atoms in total. The van der Waals surface area contributed by atoms with Crippen LogP contribution in [0.25, 0.3) is 0 Å². The molecule has 5 heteroatoms. The minimum absolute atomic E-state index is 0.00556. The molecule has 1 heterocycles. The minimum atomic E-state index is -0.00556. The van der Waals surface area contributed by atoms with E-state index in [2.05, 4.69) is 5.32 Å². The van der Waals surface area contributed by atoms with Crippen molar-refractivity contribution in [2.45, 2.75) is 13.3 Å². The highest BCUT2D eigenvalue weighted by Crippen LogP contribution is 2.32. The molecule has 0 atom stereocenters. The summed E-state index contributed by atoms with van der Waals surface area (Å²) >= 11 is 1.58. The van der Waals surface area contributed by atoms with Crippen molar-refractivity contribution in [3.8, 4) is 11.5 Å². The normalized spacial score (nSPS) is 14.1. The fraction of sp³-hybridized carbons (Fsp3) is 0.400. The van der Waals surface area contributed by atoms with Gasteiger partial charge in [-0.2, -0.15) is 0 Å². The molecule has 2 rings (SSSR count). The molecule has 1 aliphatic heterocycles. The van der Waals surface area contributed by atoms with Crippen molar-refractivity contribution < 1.29 is 14.3 Å². The molecule has 0 unspecified atom stereocenters. The Balaban J connectivity index is 1.89. The Morgan fingerprint density at radius 1 is 1.35 bits per heavy atom. The Kier molecular flexibility index (Phi) is 5.80. The molecule has 0 saturated heterocycles. The summed E-state index contributed by atoms with van der Waals surface area (Å²) in [6, 6.07) is 5.49. The lowest BCUT2D eigenvalue weighted by molar-refractivity contribution is -0.113. The molecule has 1 aliphatic rings. The number of hydrogen-bond acceptors (Lipinski definition) is 4. The predicted molar refractivity (Wildman–Crippen MR) is 82.8 cm³/mol. The van der Waals surface area contributed by atoms with Crippen LogP contribution < -0.4 is 14.8 Å². The number of rotatable bonds is 5. The molecule has 0 aliphatic carbocycles. The summed E-state index contributed by atoms with van der Waals surface area (Å²) in [6.45, 7) is 3.28. The second kappa shape index (κ2) is 7.85. The number of allylic oxidation sites excluding steroid dienone is 1. The molecule has 0 radical (unpaired) electrons. The number of ether oxygens (including phenoxy) is 2. The SMILES string of the molecule is C/C=C/CSCC(=O)Nc1ccc2c(c1)OCCCO2. The zero-order chi connectivity index (χ0) is 14.2. The van der Waals surface area contributed by atoms with Gasteiger partial charge in [0.15, 0.2) is 11.5 Å². The van der Waals surface area contributed by atoms with Crippen LogP contribution in [-0.2, 0) is 4.79 Å². The van der Waals surface area contributed by atoms with E-state index < -0.39 is 0 Å². The summed E-state index contributed by atoms with van der Waals surface area (Å²) in [5.41, 5.74) is 0.742. The second-order valence-corrected chi connectivity index (χ2v) is 5.37. The van der Waals surface area contributed by atoms with E-state index in [4.69, 9.17) is 9.47 Å². The monoisotopic (exact) mass is 293 g/mol. The minimum Gasteiger partial charge on any atom is -0.490 e. The van der Waals surface area contributed by atoms with Crippen molar-refractivity contribution in [1.82, 2.24) is 0 Å². The lowest BCUT2D eigenvalue weighted by Gasteiger charge is -2.10. The number of nitrogens with one attached hydrogen (secondary N) is 1. The summed E-state index contributed by atoms with van der Waals surface area (Å²) < 4.78 is 11.1. The average Bonchev–Trinajstić information content (AvgIpc) is 2.68. The molecule has 1 aromatic rings. The Morgan fingerprint density at radius 3 is 2.95 bits per heavy atom. The quantitative estimate of drug-likeness (QED) is 0.669. The molecule has 0 saturated carbocycles.